The van der Waals surface area contributed by atoms with Gasteiger partial charge < -0.3 is 10.5 Å². The van der Waals surface area contributed by atoms with Gasteiger partial charge in [0.05, 0.1) is 5.56 Å². The lowest BCUT2D eigenvalue weighted by molar-refractivity contribution is -0.137. The molecule has 18 heavy (non-hydrogen) atoms. The Morgan fingerprint density at radius 3 is 2.56 bits per heavy atom. The molecule has 0 aliphatic rings. The molecular formula is C11H12ClF4NO. The van der Waals surface area contributed by atoms with Crippen LogP contribution < -0.4 is 10.5 Å². The summed E-state index contributed by atoms with van der Waals surface area (Å²) in [6, 6.07) is 4.38. The summed E-state index contributed by atoms with van der Waals surface area (Å²) in [5.74, 6) is -0.544. The van der Waals surface area contributed by atoms with E-state index in [1.807, 2.05) is 0 Å². The summed E-state index contributed by atoms with van der Waals surface area (Å²) in [4.78, 5) is 0. The van der Waals surface area contributed by atoms with Gasteiger partial charge in [-0.1, -0.05) is 6.07 Å². The van der Waals surface area contributed by atoms with E-state index in [1.165, 1.54) is 12.1 Å². The Kier molecular flexibility index (Phi) is 6.72. The van der Waals surface area contributed by atoms with Gasteiger partial charge in [0.1, 0.15) is 18.2 Å². The zero-order valence-corrected chi connectivity index (χ0v) is 10.0. The van der Waals surface area contributed by atoms with Crippen LogP contribution in [0.4, 0.5) is 17.6 Å². The van der Waals surface area contributed by atoms with Crippen LogP contribution in [0.2, 0.25) is 0 Å². The Morgan fingerprint density at radius 1 is 1.33 bits per heavy atom. The summed E-state index contributed by atoms with van der Waals surface area (Å²) < 4.78 is 54.5. The van der Waals surface area contributed by atoms with Gasteiger partial charge >= 0.3 is 6.18 Å². The molecule has 0 bridgehead atoms. The fourth-order valence-electron chi connectivity index (χ4n) is 1.07. The lowest BCUT2D eigenvalue weighted by Crippen LogP contribution is -2.05. The largest absolute Gasteiger partial charge is 0.489 e. The molecule has 0 aliphatic heterocycles. The molecule has 7 heteroatoms. The molecule has 0 amide bonds. The van der Waals surface area contributed by atoms with Crippen LogP contribution in [0.5, 0.6) is 5.75 Å². The van der Waals surface area contributed by atoms with Crippen molar-refractivity contribution >= 4 is 12.4 Å². The van der Waals surface area contributed by atoms with Crippen molar-refractivity contribution in [1.82, 2.24) is 0 Å². The van der Waals surface area contributed by atoms with Gasteiger partial charge in [0.25, 0.3) is 0 Å². The predicted octanol–water partition coefficient (Wildman–Crippen LogP) is 3.32. The first-order valence-corrected chi connectivity index (χ1v) is 4.78. The number of rotatable bonds is 4. The maximum atomic E-state index is 12.6. The first-order chi connectivity index (χ1) is 7.93. The normalized spacial score (nSPS) is 11.9. The first-order valence-electron chi connectivity index (χ1n) is 4.78. The van der Waals surface area contributed by atoms with Crippen LogP contribution in [0, 0.1) is 0 Å². The summed E-state index contributed by atoms with van der Waals surface area (Å²) in [5, 5.41) is 0. The molecule has 1 aromatic carbocycles. The summed E-state index contributed by atoms with van der Waals surface area (Å²) in [7, 11) is 0. The van der Waals surface area contributed by atoms with Crippen molar-refractivity contribution in [2.24, 2.45) is 5.73 Å². The average molecular weight is 286 g/mol. The van der Waals surface area contributed by atoms with Gasteiger partial charge in [-0.15, -0.1) is 12.4 Å². The van der Waals surface area contributed by atoms with E-state index in [9.17, 15) is 17.6 Å². The van der Waals surface area contributed by atoms with Crippen LogP contribution >= 0.6 is 12.4 Å². The minimum Gasteiger partial charge on any atom is -0.489 e. The summed E-state index contributed by atoms with van der Waals surface area (Å²) in [5.41, 5.74) is 4.18. The lowest BCUT2D eigenvalue weighted by Gasteiger charge is -2.09. The van der Waals surface area contributed by atoms with E-state index >= 15 is 0 Å². The molecule has 0 saturated carbocycles. The van der Waals surface area contributed by atoms with E-state index in [4.69, 9.17) is 10.5 Å². The van der Waals surface area contributed by atoms with E-state index in [2.05, 4.69) is 0 Å². The van der Waals surface area contributed by atoms with Crippen LogP contribution in [-0.4, -0.2) is 13.2 Å². The van der Waals surface area contributed by atoms with E-state index in [1.54, 1.807) is 0 Å². The van der Waals surface area contributed by atoms with Crippen LogP contribution in [0.1, 0.15) is 5.56 Å². The molecule has 0 aromatic heterocycles. The third-order valence-corrected chi connectivity index (χ3v) is 1.91. The second-order valence-electron chi connectivity index (χ2n) is 3.19. The minimum absolute atomic E-state index is 0. The van der Waals surface area contributed by atoms with Crippen molar-refractivity contribution in [3.8, 4) is 5.75 Å². The van der Waals surface area contributed by atoms with Crippen LogP contribution in [-0.2, 0) is 6.18 Å². The van der Waals surface area contributed by atoms with Crippen molar-refractivity contribution in [1.29, 1.82) is 0 Å². The number of alkyl halides is 3. The number of halogens is 5. The molecule has 2 nitrogen and oxygen atoms in total. The van der Waals surface area contributed by atoms with E-state index in [-0.39, 0.29) is 31.3 Å². The molecule has 0 saturated heterocycles. The third-order valence-electron chi connectivity index (χ3n) is 1.91. The molecule has 0 aliphatic carbocycles. The monoisotopic (exact) mass is 285 g/mol. The zero-order chi connectivity index (χ0) is 12.9. The molecule has 1 rings (SSSR count). The van der Waals surface area contributed by atoms with Crippen molar-refractivity contribution in [2.75, 3.05) is 13.2 Å². The topological polar surface area (TPSA) is 35.2 Å². The van der Waals surface area contributed by atoms with Crippen molar-refractivity contribution in [2.45, 2.75) is 6.18 Å². The Balaban J connectivity index is 0.00000289. The SMILES string of the molecule is Cl.NC/C(F)=C/COc1cccc(C(F)(F)F)c1. The fourth-order valence-corrected chi connectivity index (χ4v) is 1.07. The second-order valence-corrected chi connectivity index (χ2v) is 3.19. The molecule has 2 N–H and O–H groups in total. The maximum absolute atomic E-state index is 12.6. The highest BCUT2D eigenvalue weighted by Gasteiger charge is 2.30. The van der Waals surface area contributed by atoms with Gasteiger partial charge in [0, 0.05) is 6.54 Å². The third kappa shape index (κ3) is 5.37. The number of ether oxygens (including phenoxy) is 1. The first kappa shape index (κ1) is 16.7. The fraction of sp³-hybridized carbons (Fsp3) is 0.273. The highest BCUT2D eigenvalue weighted by atomic mass is 35.5. The quantitative estimate of drug-likeness (QED) is 0.861. The van der Waals surface area contributed by atoms with Crippen molar-refractivity contribution in [3.63, 3.8) is 0 Å². The van der Waals surface area contributed by atoms with Gasteiger partial charge in [0.15, 0.2) is 0 Å². The van der Waals surface area contributed by atoms with Crippen LogP contribution in [0.25, 0.3) is 0 Å². The molecule has 0 heterocycles. The van der Waals surface area contributed by atoms with E-state index in [0.29, 0.717) is 0 Å². The Morgan fingerprint density at radius 2 is 2.00 bits per heavy atom. The number of hydrogen-bond acceptors (Lipinski definition) is 2. The summed E-state index contributed by atoms with van der Waals surface area (Å²) >= 11 is 0. The molecule has 0 atom stereocenters. The molecule has 1 aromatic rings. The molecular weight excluding hydrogens is 274 g/mol. The molecule has 0 spiro atoms. The standard InChI is InChI=1S/C11H11F4NO.ClH/c12-9(7-16)4-5-17-10-3-1-2-8(6-10)11(13,14)15;/h1-4,6H,5,7,16H2;1H/b9-4-;. The van der Waals surface area contributed by atoms with Gasteiger partial charge in [-0.3, -0.25) is 0 Å². The lowest BCUT2D eigenvalue weighted by atomic mass is 10.2. The smallest absolute Gasteiger partial charge is 0.416 e. The number of benzene rings is 1. The molecule has 102 valence electrons. The maximum Gasteiger partial charge on any atom is 0.416 e. The highest BCUT2D eigenvalue weighted by molar-refractivity contribution is 5.85. The molecule has 0 radical (unpaired) electrons. The highest BCUT2D eigenvalue weighted by Crippen LogP contribution is 2.31. The van der Waals surface area contributed by atoms with Crippen molar-refractivity contribution in [3.05, 3.63) is 41.7 Å². The van der Waals surface area contributed by atoms with E-state index < -0.39 is 17.6 Å². The zero-order valence-electron chi connectivity index (χ0n) is 9.21. The van der Waals surface area contributed by atoms with E-state index in [0.717, 1.165) is 18.2 Å². The second kappa shape index (κ2) is 7.23. The Bertz CT molecular complexity index is 406. The van der Waals surface area contributed by atoms with Gasteiger partial charge in [-0.25, -0.2) is 4.39 Å². The van der Waals surface area contributed by atoms with Crippen LogP contribution in [0.15, 0.2) is 36.2 Å². The predicted molar refractivity (Wildman–Crippen MR) is 62.4 cm³/mol. The number of nitrogens with two attached hydrogens (primary N) is 1. The van der Waals surface area contributed by atoms with Crippen LogP contribution in [0.3, 0.4) is 0 Å². The summed E-state index contributed by atoms with van der Waals surface area (Å²) in [6.45, 7) is -0.420. The number of hydrogen-bond donors (Lipinski definition) is 1. The van der Waals surface area contributed by atoms with Gasteiger partial charge in [-0.05, 0) is 24.3 Å². The minimum atomic E-state index is -4.42. The molecule has 0 fully saturated rings. The molecule has 0 unspecified atom stereocenters. The Hall–Kier alpha value is -1.27. The average Bonchev–Trinajstić information content (AvgIpc) is 2.28. The van der Waals surface area contributed by atoms with Gasteiger partial charge in [-0.2, -0.15) is 13.2 Å². The Labute approximate surface area is 108 Å². The van der Waals surface area contributed by atoms with Gasteiger partial charge in [0.2, 0.25) is 0 Å². The summed E-state index contributed by atoms with van der Waals surface area (Å²) in [6.07, 6.45) is -3.35. The van der Waals surface area contributed by atoms with Crippen molar-refractivity contribution < 1.29 is 22.3 Å².